The molecule has 24 heavy (non-hydrogen) atoms. The van der Waals surface area contributed by atoms with Gasteiger partial charge in [0.1, 0.15) is 11.6 Å². The van der Waals surface area contributed by atoms with Gasteiger partial charge in [0, 0.05) is 12.1 Å². The smallest absolute Gasteiger partial charge is 0.319 e. The van der Waals surface area contributed by atoms with Gasteiger partial charge in [0.15, 0.2) is 0 Å². The molecule has 0 aromatic carbocycles. The number of aromatic nitrogens is 5. The summed E-state index contributed by atoms with van der Waals surface area (Å²) in [7, 11) is 3.01. The van der Waals surface area contributed by atoms with E-state index in [-0.39, 0.29) is 18.3 Å². The number of amides is 1. The van der Waals surface area contributed by atoms with Crippen molar-refractivity contribution in [3.8, 4) is 11.9 Å². The molecule has 0 atom stereocenters. The van der Waals surface area contributed by atoms with Crippen LogP contribution in [0.5, 0.6) is 11.9 Å². The van der Waals surface area contributed by atoms with Crippen LogP contribution in [0, 0.1) is 13.8 Å². The van der Waals surface area contributed by atoms with Crippen LogP contribution in [0.4, 0.5) is 0 Å². The molecule has 0 unspecified atom stereocenters. The molecule has 0 spiro atoms. The number of carbonyl (C=O) groups is 1. The first-order valence-corrected chi connectivity index (χ1v) is 7.65. The van der Waals surface area contributed by atoms with Gasteiger partial charge < -0.3 is 14.4 Å². The molecule has 1 aliphatic heterocycles. The average Bonchev–Trinajstić information content (AvgIpc) is 2.95. The maximum absolute atomic E-state index is 12.7. The zero-order valence-corrected chi connectivity index (χ0v) is 14.2. The van der Waals surface area contributed by atoms with E-state index in [9.17, 15) is 4.79 Å². The van der Waals surface area contributed by atoms with E-state index < -0.39 is 0 Å². The van der Waals surface area contributed by atoms with Crippen molar-refractivity contribution in [3.63, 3.8) is 0 Å². The maximum atomic E-state index is 12.7. The van der Waals surface area contributed by atoms with Gasteiger partial charge in [0.2, 0.25) is 11.8 Å². The number of hydrogen-bond acceptors (Lipinski definition) is 7. The van der Waals surface area contributed by atoms with Gasteiger partial charge in [-0.15, -0.1) is 0 Å². The fraction of sp³-hybridized carbons (Fsp3) is 0.533. The second-order valence-corrected chi connectivity index (χ2v) is 5.57. The summed E-state index contributed by atoms with van der Waals surface area (Å²) in [6.07, 6.45) is 0.173. The summed E-state index contributed by atoms with van der Waals surface area (Å²) in [5, 5.41) is 4.30. The number of rotatable bonds is 4. The third-order valence-corrected chi connectivity index (χ3v) is 3.98. The monoisotopic (exact) mass is 332 g/mol. The molecule has 128 valence electrons. The highest BCUT2D eigenvalue weighted by atomic mass is 16.5. The van der Waals surface area contributed by atoms with Crippen LogP contribution >= 0.6 is 0 Å². The quantitative estimate of drug-likeness (QED) is 0.794. The minimum absolute atomic E-state index is 0.0166. The molecule has 9 nitrogen and oxygen atoms in total. The van der Waals surface area contributed by atoms with Gasteiger partial charge in [-0.3, -0.25) is 4.79 Å². The van der Waals surface area contributed by atoms with E-state index in [1.165, 1.54) is 14.2 Å². The molecule has 9 heteroatoms. The Morgan fingerprint density at radius 2 is 1.92 bits per heavy atom. The molecule has 0 saturated carbocycles. The van der Waals surface area contributed by atoms with Crippen LogP contribution in [0.3, 0.4) is 0 Å². The van der Waals surface area contributed by atoms with Crippen molar-refractivity contribution in [2.24, 2.45) is 0 Å². The highest BCUT2D eigenvalue weighted by Gasteiger charge is 2.25. The number of ether oxygens (including phenoxy) is 2. The Labute approximate surface area is 139 Å². The van der Waals surface area contributed by atoms with Gasteiger partial charge >= 0.3 is 6.01 Å². The van der Waals surface area contributed by atoms with Crippen molar-refractivity contribution in [1.82, 2.24) is 29.6 Å². The number of carbonyl (C=O) groups excluding carboxylic acids is 1. The fourth-order valence-corrected chi connectivity index (χ4v) is 2.75. The lowest BCUT2D eigenvalue weighted by atomic mass is 10.1. The van der Waals surface area contributed by atoms with Crippen LogP contribution in [-0.4, -0.2) is 56.3 Å². The molecule has 2 aromatic heterocycles. The maximum Gasteiger partial charge on any atom is 0.319 e. The molecule has 3 rings (SSSR count). The van der Waals surface area contributed by atoms with Gasteiger partial charge in [-0.1, -0.05) is 0 Å². The molecule has 0 N–H and O–H groups in total. The third kappa shape index (κ3) is 3.01. The van der Waals surface area contributed by atoms with E-state index in [4.69, 9.17) is 9.47 Å². The lowest BCUT2D eigenvalue weighted by Crippen LogP contribution is -2.39. The summed E-state index contributed by atoms with van der Waals surface area (Å²) in [4.78, 5) is 27.2. The second-order valence-electron chi connectivity index (χ2n) is 5.57. The largest absolute Gasteiger partial charge is 0.481 e. The van der Waals surface area contributed by atoms with E-state index in [1.54, 1.807) is 4.90 Å². The highest BCUT2D eigenvalue weighted by molar-refractivity contribution is 5.79. The number of fused-ring (bicyclic) bond motifs is 1. The number of aryl methyl sites for hydroxylation is 2. The average molecular weight is 332 g/mol. The Kier molecular flexibility index (Phi) is 4.32. The predicted octanol–water partition coefficient (Wildman–Crippen LogP) is 0.287. The summed E-state index contributed by atoms with van der Waals surface area (Å²) in [5.41, 5.74) is 1.34. The summed E-state index contributed by atoms with van der Waals surface area (Å²) < 4.78 is 12.2. The van der Waals surface area contributed by atoms with Crippen molar-refractivity contribution in [2.75, 3.05) is 20.8 Å². The van der Waals surface area contributed by atoms with Crippen molar-refractivity contribution in [1.29, 1.82) is 0 Å². The molecule has 0 saturated heterocycles. The zero-order valence-electron chi connectivity index (χ0n) is 14.2. The molecule has 0 radical (unpaired) electrons. The van der Waals surface area contributed by atoms with Gasteiger partial charge in [0.05, 0.1) is 39.4 Å². The standard InChI is InChI=1S/C15H20N6O3/c1-9-11(14(23-3)18-15(16-9)24-4)7-13(22)20-5-6-21-12(8-20)17-10(2)19-21/h5-8H2,1-4H3. The van der Waals surface area contributed by atoms with Gasteiger partial charge in [-0.25, -0.2) is 14.6 Å². The van der Waals surface area contributed by atoms with Gasteiger partial charge in [-0.2, -0.15) is 10.1 Å². The summed E-state index contributed by atoms with van der Waals surface area (Å²) >= 11 is 0. The van der Waals surface area contributed by atoms with Crippen LogP contribution < -0.4 is 9.47 Å². The van der Waals surface area contributed by atoms with Crippen LogP contribution in [0.2, 0.25) is 0 Å². The number of methoxy groups -OCH3 is 2. The SMILES string of the molecule is COc1nc(C)c(CC(=O)N2CCn3nc(C)nc3C2)c(OC)n1. The Hall–Kier alpha value is -2.71. The lowest BCUT2D eigenvalue weighted by molar-refractivity contribution is -0.132. The van der Waals surface area contributed by atoms with E-state index in [1.807, 2.05) is 18.5 Å². The van der Waals surface area contributed by atoms with Crippen LogP contribution in [0.1, 0.15) is 22.9 Å². The molecule has 3 heterocycles. The van der Waals surface area contributed by atoms with Crippen LogP contribution in [0.25, 0.3) is 0 Å². The third-order valence-electron chi connectivity index (χ3n) is 3.98. The van der Waals surface area contributed by atoms with Crippen LogP contribution in [0.15, 0.2) is 0 Å². The molecule has 1 amide bonds. The van der Waals surface area contributed by atoms with Crippen molar-refractivity contribution < 1.29 is 14.3 Å². The Balaban J connectivity index is 1.78. The van der Waals surface area contributed by atoms with E-state index >= 15 is 0 Å². The van der Waals surface area contributed by atoms with E-state index in [0.717, 1.165) is 11.6 Å². The first kappa shape index (κ1) is 16.2. The molecule has 0 fully saturated rings. The molecule has 1 aliphatic rings. The van der Waals surface area contributed by atoms with Gasteiger partial charge in [-0.05, 0) is 13.8 Å². The Bertz CT molecular complexity index is 773. The highest BCUT2D eigenvalue weighted by Crippen LogP contribution is 2.23. The molecule has 0 aliphatic carbocycles. The Morgan fingerprint density at radius 1 is 1.12 bits per heavy atom. The predicted molar refractivity (Wildman–Crippen MR) is 83.8 cm³/mol. The summed E-state index contributed by atoms with van der Waals surface area (Å²) in [6, 6.07) is 0.224. The first-order valence-electron chi connectivity index (χ1n) is 7.65. The fourth-order valence-electron chi connectivity index (χ4n) is 2.75. The molecule has 0 bridgehead atoms. The van der Waals surface area contributed by atoms with Gasteiger partial charge in [0.25, 0.3) is 0 Å². The van der Waals surface area contributed by atoms with Crippen molar-refractivity contribution >= 4 is 5.91 Å². The topological polar surface area (TPSA) is 95.3 Å². The van der Waals surface area contributed by atoms with Crippen molar-refractivity contribution in [2.45, 2.75) is 33.4 Å². The minimum Gasteiger partial charge on any atom is -0.481 e. The first-order chi connectivity index (χ1) is 11.5. The molecular formula is C15H20N6O3. The second kappa shape index (κ2) is 6.42. The molecule has 2 aromatic rings. The minimum atomic E-state index is -0.0166. The normalized spacial score (nSPS) is 13.6. The van der Waals surface area contributed by atoms with Crippen molar-refractivity contribution in [3.05, 3.63) is 22.9 Å². The molecular weight excluding hydrogens is 312 g/mol. The van der Waals surface area contributed by atoms with E-state index in [0.29, 0.717) is 36.8 Å². The number of hydrogen-bond donors (Lipinski definition) is 0. The zero-order chi connectivity index (χ0) is 17.3. The van der Waals surface area contributed by atoms with E-state index in [2.05, 4.69) is 20.1 Å². The van der Waals surface area contributed by atoms with Crippen LogP contribution in [-0.2, 0) is 24.3 Å². The Morgan fingerprint density at radius 3 is 2.62 bits per heavy atom. The summed E-state index contributed by atoms with van der Waals surface area (Å²) in [6.45, 7) is 5.37. The summed E-state index contributed by atoms with van der Waals surface area (Å²) in [5.74, 6) is 1.88. The number of nitrogens with zero attached hydrogens (tertiary/aromatic N) is 6. The lowest BCUT2D eigenvalue weighted by Gasteiger charge is -2.27.